The second-order valence-corrected chi connectivity index (χ2v) is 7.18. The Morgan fingerprint density at radius 1 is 1.23 bits per heavy atom. The van der Waals surface area contributed by atoms with Gasteiger partial charge in [-0.3, -0.25) is 14.3 Å². The minimum Gasteiger partial charge on any atom is -0.483 e. The molecule has 0 radical (unpaired) electrons. The zero-order valence-corrected chi connectivity index (χ0v) is 16.6. The van der Waals surface area contributed by atoms with Gasteiger partial charge in [-0.15, -0.1) is 0 Å². The molecular weight excluding hydrogens is 382 g/mol. The number of nitriles is 1. The number of aromatic nitrogens is 3. The van der Waals surface area contributed by atoms with Crippen LogP contribution in [0.2, 0.25) is 0 Å². The third-order valence-corrected chi connectivity index (χ3v) is 5.09. The van der Waals surface area contributed by atoms with E-state index >= 15 is 0 Å². The molecule has 0 N–H and O–H groups in total. The molecule has 0 fully saturated rings. The van der Waals surface area contributed by atoms with Crippen molar-refractivity contribution in [2.75, 3.05) is 6.54 Å². The van der Waals surface area contributed by atoms with Crippen LogP contribution in [0.1, 0.15) is 33.9 Å². The van der Waals surface area contributed by atoms with Crippen LogP contribution in [-0.2, 0) is 26.7 Å². The molecule has 0 saturated heterocycles. The van der Waals surface area contributed by atoms with E-state index in [1.165, 1.54) is 6.07 Å². The zero-order chi connectivity index (χ0) is 21.1. The summed E-state index contributed by atoms with van der Waals surface area (Å²) < 4.78 is 9.21. The molecule has 3 heterocycles. The molecule has 1 aromatic carbocycles. The number of fused-ring (bicyclic) bond motifs is 1. The summed E-state index contributed by atoms with van der Waals surface area (Å²) in [6.45, 7) is 1.66. The highest BCUT2D eigenvalue weighted by atomic mass is 16.5. The Hall–Kier alpha value is -3.86. The van der Waals surface area contributed by atoms with E-state index in [4.69, 9.17) is 10.00 Å². The first-order chi connectivity index (χ1) is 14.6. The molecule has 0 unspecified atom stereocenters. The SMILES string of the molecule is Cn1ccc(=O)c(OCc2ccccc2)c1C(=O)N1CCCn2nc(C#N)cc2C1. The highest BCUT2D eigenvalue weighted by Crippen LogP contribution is 2.21. The van der Waals surface area contributed by atoms with Crippen LogP contribution in [-0.4, -0.2) is 31.7 Å². The van der Waals surface area contributed by atoms with E-state index in [2.05, 4.69) is 5.10 Å². The molecule has 8 heteroatoms. The van der Waals surface area contributed by atoms with Crippen molar-refractivity contribution >= 4 is 5.91 Å². The largest absolute Gasteiger partial charge is 0.483 e. The van der Waals surface area contributed by atoms with Gasteiger partial charge in [-0.1, -0.05) is 30.3 Å². The summed E-state index contributed by atoms with van der Waals surface area (Å²) in [7, 11) is 1.72. The quantitative estimate of drug-likeness (QED) is 0.665. The van der Waals surface area contributed by atoms with Gasteiger partial charge in [0.05, 0.1) is 12.2 Å². The van der Waals surface area contributed by atoms with Crippen LogP contribution in [0.5, 0.6) is 5.75 Å². The number of carbonyl (C=O) groups excluding carboxylic acids is 1. The lowest BCUT2D eigenvalue weighted by atomic mass is 10.2. The molecule has 30 heavy (non-hydrogen) atoms. The summed E-state index contributed by atoms with van der Waals surface area (Å²) in [5, 5.41) is 13.4. The Balaban J connectivity index is 1.64. The van der Waals surface area contributed by atoms with Crippen molar-refractivity contribution in [2.24, 2.45) is 7.05 Å². The second-order valence-electron chi connectivity index (χ2n) is 7.18. The number of carbonyl (C=O) groups is 1. The highest BCUT2D eigenvalue weighted by molar-refractivity contribution is 5.95. The maximum Gasteiger partial charge on any atom is 0.274 e. The van der Waals surface area contributed by atoms with Crippen molar-refractivity contribution in [3.63, 3.8) is 0 Å². The molecule has 4 rings (SSSR count). The molecule has 1 aliphatic heterocycles. The van der Waals surface area contributed by atoms with E-state index in [-0.39, 0.29) is 29.4 Å². The lowest BCUT2D eigenvalue weighted by Crippen LogP contribution is -2.34. The van der Waals surface area contributed by atoms with Gasteiger partial charge in [0.2, 0.25) is 5.43 Å². The minimum atomic E-state index is -0.334. The summed E-state index contributed by atoms with van der Waals surface area (Å²) in [4.78, 5) is 27.7. The number of pyridine rings is 1. The number of hydrogen-bond donors (Lipinski definition) is 0. The average Bonchev–Trinajstić information content (AvgIpc) is 3.05. The molecule has 1 amide bonds. The lowest BCUT2D eigenvalue weighted by molar-refractivity contribution is 0.0729. The van der Waals surface area contributed by atoms with Crippen molar-refractivity contribution in [2.45, 2.75) is 26.1 Å². The molecule has 0 saturated carbocycles. The van der Waals surface area contributed by atoms with Gasteiger partial charge in [-0.05, 0) is 18.1 Å². The maximum atomic E-state index is 13.4. The first kappa shape index (κ1) is 19.5. The summed E-state index contributed by atoms with van der Waals surface area (Å²) in [5.41, 5.74) is 1.92. The molecule has 8 nitrogen and oxygen atoms in total. The van der Waals surface area contributed by atoms with E-state index in [0.29, 0.717) is 31.7 Å². The highest BCUT2D eigenvalue weighted by Gasteiger charge is 2.27. The van der Waals surface area contributed by atoms with Crippen LogP contribution in [0.3, 0.4) is 0 Å². The van der Waals surface area contributed by atoms with E-state index in [9.17, 15) is 9.59 Å². The fourth-order valence-corrected chi connectivity index (χ4v) is 3.56. The minimum absolute atomic E-state index is 0.0457. The summed E-state index contributed by atoms with van der Waals surface area (Å²) in [6, 6.07) is 14.6. The van der Waals surface area contributed by atoms with Crippen LogP contribution >= 0.6 is 0 Å². The molecular formula is C22H21N5O3. The zero-order valence-electron chi connectivity index (χ0n) is 16.6. The van der Waals surface area contributed by atoms with Crippen LogP contribution < -0.4 is 10.2 Å². The number of benzene rings is 1. The Bertz CT molecular complexity index is 1170. The molecule has 1 aliphatic rings. The number of amides is 1. The van der Waals surface area contributed by atoms with Crippen LogP contribution in [0, 0.1) is 11.3 Å². The maximum absolute atomic E-state index is 13.4. The summed E-state index contributed by atoms with van der Waals surface area (Å²) >= 11 is 0. The molecule has 0 spiro atoms. The molecule has 2 aromatic heterocycles. The van der Waals surface area contributed by atoms with Gasteiger partial charge in [0.15, 0.2) is 17.1 Å². The van der Waals surface area contributed by atoms with Crippen molar-refractivity contribution in [3.8, 4) is 11.8 Å². The van der Waals surface area contributed by atoms with E-state index in [0.717, 1.165) is 11.3 Å². The Morgan fingerprint density at radius 3 is 2.80 bits per heavy atom. The molecule has 0 bridgehead atoms. The first-order valence-corrected chi connectivity index (χ1v) is 9.69. The monoisotopic (exact) mass is 403 g/mol. The normalized spacial score (nSPS) is 13.3. The number of hydrogen-bond acceptors (Lipinski definition) is 5. The number of rotatable bonds is 4. The summed E-state index contributed by atoms with van der Waals surface area (Å²) in [6.07, 6.45) is 2.27. The van der Waals surface area contributed by atoms with E-state index in [1.807, 2.05) is 36.4 Å². The van der Waals surface area contributed by atoms with Gasteiger partial charge in [-0.2, -0.15) is 10.4 Å². The van der Waals surface area contributed by atoms with E-state index < -0.39 is 0 Å². The van der Waals surface area contributed by atoms with Crippen LogP contribution in [0.4, 0.5) is 0 Å². The first-order valence-electron chi connectivity index (χ1n) is 9.69. The van der Waals surface area contributed by atoms with Gasteiger partial charge in [-0.25, -0.2) is 0 Å². The van der Waals surface area contributed by atoms with Gasteiger partial charge in [0.25, 0.3) is 5.91 Å². The van der Waals surface area contributed by atoms with Crippen molar-refractivity contribution in [1.29, 1.82) is 5.26 Å². The third-order valence-electron chi connectivity index (χ3n) is 5.09. The molecule has 0 aliphatic carbocycles. The summed E-state index contributed by atoms with van der Waals surface area (Å²) in [5.74, 6) is -0.240. The standard InChI is InChI=1S/C22H21N5O3/c1-25-11-8-19(28)21(30-15-16-6-3-2-4-7-16)20(25)22(29)26-9-5-10-27-18(14-26)12-17(13-23)24-27/h2-4,6-8,11-12H,5,9-10,14-15H2,1H3. The lowest BCUT2D eigenvalue weighted by Gasteiger charge is -2.23. The fourth-order valence-electron chi connectivity index (χ4n) is 3.56. The van der Waals surface area contributed by atoms with Crippen LogP contribution in [0.25, 0.3) is 0 Å². The Labute approximate surface area is 173 Å². The molecule has 152 valence electrons. The second kappa shape index (κ2) is 8.25. The fraction of sp³-hybridized carbons (Fsp3) is 0.273. The van der Waals surface area contributed by atoms with Crippen molar-refractivity contribution in [1.82, 2.24) is 19.2 Å². The number of nitrogens with zero attached hydrogens (tertiary/aromatic N) is 5. The predicted octanol–water partition coefficient (Wildman–Crippen LogP) is 2.08. The van der Waals surface area contributed by atoms with Crippen molar-refractivity contribution in [3.05, 3.63) is 81.5 Å². The average molecular weight is 403 g/mol. The van der Waals surface area contributed by atoms with Crippen molar-refractivity contribution < 1.29 is 9.53 Å². The van der Waals surface area contributed by atoms with Gasteiger partial charge < -0.3 is 14.2 Å². The number of aryl methyl sites for hydroxylation is 2. The number of ether oxygens (including phenoxy) is 1. The Morgan fingerprint density at radius 2 is 2.03 bits per heavy atom. The molecule has 3 aromatic rings. The van der Waals surface area contributed by atoms with Gasteiger partial charge in [0.1, 0.15) is 12.7 Å². The smallest absolute Gasteiger partial charge is 0.274 e. The van der Waals surface area contributed by atoms with Gasteiger partial charge in [0, 0.05) is 32.4 Å². The van der Waals surface area contributed by atoms with Crippen LogP contribution in [0.15, 0.2) is 53.5 Å². The van der Waals surface area contributed by atoms with Gasteiger partial charge >= 0.3 is 0 Å². The topological polar surface area (TPSA) is 93.2 Å². The third kappa shape index (κ3) is 3.82. The van der Waals surface area contributed by atoms with E-state index in [1.54, 1.807) is 33.5 Å². The predicted molar refractivity (Wildman–Crippen MR) is 109 cm³/mol. The molecule has 0 atom stereocenters. The Kier molecular flexibility index (Phi) is 5.35.